The molecule has 0 saturated carbocycles. The molecule has 2 N–H and O–H groups in total. The normalized spacial score (nSPS) is 13.8. The van der Waals surface area contributed by atoms with E-state index in [-0.39, 0.29) is 17.3 Å². The minimum atomic E-state index is -0.211. The third-order valence-corrected chi connectivity index (χ3v) is 4.34. The molecule has 0 aliphatic carbocycles. The predicted molar refractivity (Wildman–Crippen MR) is 87.2 cm³/mol. The first-order chi connectivity index (χ1) is 9.30. The summed E-state index contributed by atoms with van der Waals surface area (Å²) >= 11 is 3.47. The third-order valence-electron chi connectivity index (χ3n) is 3.65. The molecule has 1 aromatic carbocycles. The van der Waals surface area contributed by atoms with Crippen molar-refractivity contribution in [1.29, 1.82) is 0 Å². The summed E-state index contributed by atoms with van der Waals surface area (Å²) in [6.45, 7) is 11.3. The van der Waals surface area contributed by atoms with E-state index in [1.165, 1.54) is 12.1 Å². The van der Waals surface area contributed by atoms with Crippen LogP contribution in [-0.2, 0) is 0 Å². The average Bonchev–Trinajstić information content (AvgIpc) is 2.37. The number of hydrogen-bond acceptors (Lipinski definition) is 2. The van der Waals surface area contributed by atoms with Crippen LogP contribution in [-0.4, -0.2) is 24.5 Å². The first-order valence-electron chi connectivity index (χ1n) is 7.20. The lowest BCUT2D eigenvalue weighted by Crippen LogP contribution is -2.40. The van der Waals surface area contributed by atoms with Gasteiger partial charge in [-0.25, -0.2) is 4.39 Å². The lowest BCUT2D eigenvalue weighted by molar-refractivity contribution is 0.140. The lowest BCUT2D eigenvalue weighted by atomic mass is 9.91. The van der Waals surface area contributed by atoms with Crippen molar-refractivity contribution in [2.24, 2.45) is 11.1 Å². The van der Waals surface area contributed by atoms with Crippen LogP contribution in [0.25, 0.3) is 0 Å². The maximum Gasteiger partial charge on any atom is 0.124 e. The fourth-order valence-corrected chi connectivity index (χ4v) is 3.03. The molecule has 0 spiro atoms. The van der Waals surface area contributed by atoms with Gasteiger partial charge in [0, 0.05) is 17.1 Å². The minimum Gasteiger partial charge on any atom is -0.330 e. The molecule has 0 heterocycles. The van der Waals surface area contributed by atoms with Crippen molar-refractivity contribution in [3.05, 3.63) is 34.1 Å². The fourth-order valence-electron chi connectivity index (χ4n) is 2.35. The zero-order valence-electron chi connectivity index (χ0n) is 12.9. The number of benzene rings is 1. The van der Waals surface area contributed by atoms with Crippen molar-refractivity contribution in [2.75, 3.05) is 19.6 Å². The van der Waals surface area contributed by atoms with Crippen molar-refractivity contribution in [3.8, 4) is 0 Å². The Labute approximate surface area is 130 Å². The second-order valence-electron chi connectivity index (χ2n) is 6.18. The van der Waals surface area contributed by atoms with E-state index in [1.807, 2.05) is 6.07 Å². The van der Waals surface area contributed by atoms with Crippen LogP contribution in [0.4, 0.5) is 4.39 Å². The van der Waals surface area contributed by atoms with Crippen molar-refractivity contribution >= 4 is 15.9 Å². The van der Waals surface area contributed by atoms with Crippen LogP contribution in [0.1, 0.15) is 45.7 Å². The highest BCUT2D eigenvalue weighted by Gasteiger charge is 2.24. The largest absolute Gasteiger partial charge is 0.330 e. The Balaban J connectivity index is 2.95. The van der Waals surface area contributed by atoms with E-state index in [1.54, 1.807) is 0 Å². The molecule has 1 unspecified atom stereocenters. The smallest absolute Gasteiger partial charge is 0.124 e. The third kappa shape index (κ3) is 4.83. The fraction of sp³-hybridized carbons (Fsp3) is 0.625. The molecule has 0 aliphatic heterocycles. The van der Waals surface area contributed by atoms with Crippen LogP contribution >= 0.6 is 15.9 Å². The van der Waals surface area contributed by atoms with Crippen LogP contribution in [0.5, 0.6) is 0 Å². The van der Waals surface area contributed by atoms with Gasteiger partial charge in [0.25, 0.3) is 0 Å². The van der Waals surface area contributed by atoms with Gasteiger partial charge in [-0.15, -0.1) is 0 Å². The Morgan fingerprint density at radius 1 is 1.40 bits per heavy atom. The minimum absolute atomic E-state index is 0.0793. The highest BCUT2D eigenvalue weighted by molar-refractivity contribution is 9.10. The molecular formula is C16H26BrFN2. The van der Waals surface area contributed by atoms with E-state index in [0.29, 0.717) is 6.54 Å². The summed E-state index contributed by atoms with van der Waals surface area (Å²) in [5, 5.41) is 0. The van der Waals surface area contributed by atoms with Gasteiger partial charge in [0.05, 0.1) is 0 Å². The van der Waals surface area contributed by atoms with Crippen LogP contribution < -0.4 is 5.73 Å². The van der Waals surface area contributed by atoms with Gasteiger partial charge in [0.1, 0.15) is 5.82 Å². The molecule has 1 atom stereocenters. The van der Waals surface area contributed by atoms with Crippen molar-refractivity contribution in [1.82, 2.24) is 4.90 Å². The van der Waals surface area contributed by atoms with Gasteiger partial charge in [-0.2, -0.15) is 0 Å². The number of nitrogens with zero attached hydrogens (tertiary/aromatic N) is 1. The van der Waals surface area contributed by atoms with Crippen LogP contribution in [0.2, 0.25) is 0 Å². The maximum absolute atomic E-state index is 13.2. The molecule has 0 aromatic heterocycles. The molecule has 0 aliphatic rings. The highest BCUT2D eigenvalue weighted by Crippen LogP contribution is 2.30. The molecule has 0 amide bonds. The summed E-state index contributed by atoms with van der Waals surface area (Å²) in [6.07, 6.45) is 1.09. The van der Waals surface area contributed by atoms with Crippen LogP contribution in [0, 0.1) is 11.2 Å². The summed E-state index contributed by atoms with van der Waals surface area (Å²) < 4.78 is 14.1. The zero-order chi connectivity index (χ0) is 15.3. The molecule has 1 rings (SSSR count). The van der Waals surface area contributed by atoms with Crippen LogP contribution in [0.15, 0.2) is 22.7 Å². The molecular weight excluding hydrogens is 319 g/mol. The lowest BCUT2D eigenvalue weighted by Gasteiger charge is -2.36. The van der Waals surface area contributed by atoms with Crippen LogP contribution in [0.3, 0.4) is 0 Å². The van der Waals surface area contributed by atoms with Crippen molar-refractivity contribution < 1.29 is 4.39 Å². The van der Waals surface area contributed by atoms with Gasteiger partial charge in [-0.1, -0.05) is 42.8 Å². The van der Waals surface area contributed by atoms with Crippen molar-refractivity contribution in [2.45, 2.75) is 40.2 Å². The summed E-state index contributed by atoms with van der Waals surface area (Å²) in [6, 6.07) is 5.15. The molecule has 0 bridgehead atoms. The molecule has 2 nitrogen and oxygen atoms in total. The van der Waals surface area contributed by atoms with E-state index in [4.69, 9.17) is 5.73 Å². The molecule has 1 aromatic rings. The van der Waals surface area contributed by atoms with Crippen molar-refractivity contribution in [3.63, 3.8) is 0 Å². The number of nitrogens with two attached hydrogens (primary N) is 1. The second-order valence-corrected chi connectivity index (χ2v) is 7.03. The molecule has 4 heteroatoms. The summed E-state index contributed by atoms with van der Waals surface area (Å²) in [7, 11) is 0. The van der Waals surface area contributed by atoms with E-state index < -0.39 is 0 Å². The monoisotopic (exact) mass is 344 g/mol. The van der Waals surface area contributed by atoms with Gasteiger partial charge in [-0.05, 0) is 49.5 Å². The first kappa shape index (κ1) is 17.6. The van der Waals surface area contributed by atoms with E-state index in [9.17, 15) is 4.39 Å². The van der Waals surface area contributed by atoms with E-state index in [0.717, 1.165) is 29.5 Å². The SMILES string of the molecule is CCCN(CC(C)(C)CN)C(C)c1ccc(F)cc1Br. The average molecular weight is 345 g/mol. The Kier molecular flexibility index (Phi) is 6.62. The number of halogens is 2. The maximum atomic E-state index is 13.2. The first-order valence-corrected chi connectivity index (χ1v) is 7.99. The standard InChI is InChI=1S/C16H26BrFN2/c1-5-8-20(11-16(3,4)10-19)12(2)14-7-6-13(18)9-15(14)17/h6-7,9,12H,5,8,10-11,19H2,1-4H3. The van der Waals surface area contributed by atoms with Gasteiger partial charge in [0.15, 0.2) is 0 Å². The molecule has 0 fully saturated rings. The molecule has 20 heavy (non-hydrogen) atoms. The Hall–Kier alpha value is -0.450. The highest BCUT2D eigenvalue weighted by atomic mass is 79.9. The Morgan fingerprint density at radius 2 is 2.05 bits per heavy atom. The van der Waals surface area contributed by atoms with Gasteiger partial charge in [-0.3, -0.25) is 4.90 Å². The quantitative estimate of drug-likeness (QED) is 0.796. The number of hydrogen-bond donors (Lipinski definition) is 1. The van der Waals surface area contributed by atoms with Gasteiger partial charge in [0.2, 0.25) is 0 Å². The molecule has 0 saturated heterocycles. The number of rotatable bonds is 7. The van der Waals surface area contributed by atoms with Gasteiger partial charge >= 0.3 is 0 Å². The molecule has 0 radical (unpaired) electrons. The summed E-state index contributed by atoms with van der Waals surface area (Å²) in [5.41, 5.74) is 7.05. The topological polar surface area (TPSA) is 29.3 Å². The van der Waals surface area contributed by atoms with E-state index in [2.05, 4.69) is 48.5 Å². The summed E-state index contributed by atoms with van der Waals surface area (Å²) in [5.74, 6) is -0.211. The Morgan fingerprint density at radius 3 is 2.55 bits per heavy atom. The zero-order valence-corrected chi connectivity index (χ0v) is 14.5. The Bertz CT molecular complexity index is 434. The predicted octanol–water partition coefficient (Wildman–Crippen LogP) is 4.35. The summed E-state index contributed by atoms with van der Waals surface area (Å²) in [4.78, 5) is 2.42. The second kappa shape index (κ2) is 7.53. The van der Waals surface area contributed by atoms with Gasteiger partial charge < -0.3 is 5.73 Å². The molecule has 114 valence electrons. The van der Waals surface area contributed by atoms with E-state index >= 15 is 0 Å².